The molecule has 0 radical (unpaired) electrons. The maximum atomic E-state index is 13.6. The second kappa shape index (κ2) is 8.16. The molecule has 1 saturated heterocycles. The lowest BCUT2D eigenvalue weighted by atomic mass is 10.0. The summed E-state index contributed by atoms with van der Waals surface area (Å²) in [6.07, 6.45) is 1.27. The van der Waals surface area contributed by atoms with E-state index >= 15 is 0 Å². The van der Waals surface area contributed by atoms with Crippen molar-refractivity contribution in [3.05, 3.63) is 46.7 Å². The molecule has 0 unspecified atom stereocenters. The summed E-state index contributed by atoms with van der Waals surface area (Å²) in [6.45, 7) is 4.84. The third kappa shape index (κ3) is 4.01. The number of amides is 1. The Morgan fingerprint density at radius 3 is 2.68 bits per heavy atom. The highest BCUT2D eigenvalue weighted by Gasteiger charge is 2.33. The van der Waals surface area contributed by atoms with Crippen molar-refractivity contribution < 1.29 is 17.6 Å². The Kier molecular flexibility index (Phi) is 5.69. The van der Waals surface area contributed by atoms with Gasteiger partial charge in [0.1, 0.15) is 17.5 Å². The normalized spacial score (nSPS) is 19.4. The first kappa shape index (κ1) is 21.6. The summed E-state index contributed by atoms with van der Waals surface area (Å²) in [7, 11) is -2.02. The molecule has 1 atom stereocenters. The molecule has 4 rings (SSSR count). The molecular formula is C21H26FN5O3S. The van der Waals surface area contributed by atoms with Crippen molar-refractivity contribution in [2.45, 2.75) is 44.0 Å². The van der Waals surface area contributed by atoms with E-state index in [4.69, 9.17) is 4.98 Å². The molecule has 1 amide bonds. The molecule has 3 heterocycles. The van der Waals surface area contributed by atoms with Crippen molar-refractivity contribution >= 4 is 21.7 Å². The molecule has 8 nitrogen and oxygen atoms in total. The number of anilines is 1. The molecular weight excluding hydrogens is 421 g/mol. The fraction of sp³-hybridized carbons (Fsp3) is 0.476. The van der Waals surface area contributed by atoms with Gasteiger partial charge in [-0.3, -0.25) is 4.79 Å². The molecule has 31 heavy (non-hydrogen) atoms. The Hall–Kier alpha value is -2.59. The minimum atomic E-state index is -3.77. The minimum Gasteiger partial charge on any atom is -0.373 e. The molecule has 1 aromatic carbocycles. The van der Waals surface area contributed by atoms with Crippen molar-refractivity contribution in [2.75, 3.05) is 32.0 Å². The molecule has 2 aromatic rings. The largest absolute Gasteiger partial charge is 0.373 e. The Morgan fingerprint density at radius 2 is 2.03 bits per heavy atom. The van der Waals surface area contributed by atoms with Gasteiger partial charge >= 0.3 is 0 Å². The molecule has 1 N–H and O–H groups in total. The van der Waals surface area contributed by atoms with Crippen molar-refractivity contribution in [3.8, 4) is 0 Å². The van der Waals surface area contributed by atoms with Gasteiger partial charge < -0.3 is 10.2 Å². The van der Waals surface area contributed by atoms with E-state index in [9.17, 15) is 17.6 Å². The first-order chi connectivity index (χ1) is 14.7. The van der Waals surface area contributed by atoms with Crippen LogP contribution in [-0.2, 0) is 27.8 Å². The molecule has 0 saturated carbocycles. The van der Waals surface area contributed by atoms with Crippen LogP contribution < -0.4 is 5.32 Å². The first-order valence-corrected chi connectivity index (χ1v) is 11.7. The SMILES string of the molecule is CNc1nc([C@H]2CCN(C(C)=O)C2)nc2c1CN(S(=O)(=O)c1ccc(F)c(C)c1)CC2. The number of aryl methyl sites for hydroxylation is 1. The zero-order valence-electron chi connectivity index (χ0n) is 17.9. The highest BCUT2D eigenvalue weighted by Crippen LogP contribution is 2.32. The highest BCUT2D eigenvalue weighted by atomic mass is 32.2. The second-order valence-electron chi connectivity index (χ2n) is 8.06. The average Bonchev–Trinajstić information content (AvgIpc) is 3.25. The number of hydrogen-bond donors (Lipinski definition) is 1. The zero-order chi connectivity index (χ0) is 22.3. The van der Waals surface area contributed by atoms with E-state index in [0.717, 1.165) is 17.7 Å². The van der Waals surface area contributed by atoms with Gasteiger partial charge in [-0.05, 0) is 37.1 Å². The lowest BCUT2D eigenvalue weighted by Crippen LogP contribution is -2.37. The Balaban J connectivity index is 1.62. The Labute approximate surface area is 181 Å². The van der Waals surface area contributed by atoms with Crippen molar-refractivity contribution in [2.24, 2.45) is 0 Å². The number of carbonyl (C=O) groups excluding carboxylic acids is 1. The van der Waals surface area contributed by atoms with E-state index in [1.165, 1.54) is 22.5 Å². The summed E-state index contributed by atoms with van der Waals surface area (Å²) < 4.78 is 41.3. The topological polar surface area (TPSA) is 95.5 Å². The lowest BCUT2D eigenvalue weighted by Gasteiger charge is -2.29. The summed E-state index contributed by atoms with van der Waals surface area (Å²) in [6, 6.07) is 3.84. The number of carbonyl (C=O) groups is 1. The first-order valence-electron chi connectivity index (χ1n) is 10.3. The standard InChI is InChI=1S/C21H26FN5O3S/c1-13-10-16(4-5-18(13)22)31(29,30)27-9-7-19-17(12-27)21(23-3)25-20(24-19)15-6-8-26(11-15)14(2)28/h4-5,10,15H,6-9,11-12H2,1-3H3,(H,23,24,25)/t15-/m0/s1. The van der Waals surface area contributed by atoms with Crippen LogP contribution in [-0.4, -0.2) is 60.2 Å². The number of aromatic nitrogens is 2. The number of nitrogens with zero attached hydrogens (tertiary/aromatic N) is 4. The van der Waals surface area contributed by atoms with Crippen LogP contribution in [0.25, 0.3) is 0 Å². The molecule has 10 heteroatoms. The molecule has 2 aliphatic heterocycles. The van der Waals surface area contributed by atoms with Crippen LogP contribution in [0.1, 0.15) is 41.9 Å². The van der Waals surface area contributed by atoms with Gasteiger partial charge in [0.25, 0.3) is 0 Å². The van der Waals surface area contributed by atoms with Crippen molar-refractivity contribution in [3.63, 3.8) is 0 Å². The number of rotatable bonds is 4. The molecule has 0 aliphatic carbocycles. The van der Waals surface area contributed by atoms with Crippen LogP contribution >= 0.6 is 0 Å². The van der Waals surface area contributed by atoms with Gasteiger partial charge in [-0.2, -0.15) is 4.31 Å². The van der Waals surface area contributed by atoms with Gasteiger partial charge in [0.2, 0.25) is 15.9 Å². The summed E-state index contributed by atoms with van der Waals surface area (Å²) in [5, 5.41) is 3.08. The summed E-state index contributed by atoms with van der Waals surface area (Å²) in [5.74, 6) is 0.988. The van der Waals surface area contributed by atoms with Gasteiger partial charge in [-0.25, -0.2) is 22.8 Å². The fourth-order valence-electron chi connectivity index (χ4n) is 4.19. The second-order valence-corrected chi connectivity index (χ2v) is 9.99. The predicted octanol–water partition coefficient (Wildman–Crippen LogP) is 2.05. The number of likely N-dealkylation sites (tertiary alicyclic amines) is 1. The van der Waals surface area contributed by atoms with Gasteiger partial charge in [-0.1, -0.05) is 0 Å². The molecule has 1 fully saturated rings. The molecule has 166 valence electrons. The van der Waals surface area contributed by atoms with Gasteiger partial charge in [0.15, 0.2) is 0 Å². The van der Waals surface area contributed by atoms with E-state index in [1.807, 2.05) is 0 Å². The number of hydrogen-bond acceptors (Lipinski definition) is 6. The smallest absolute Gasteiger partial charge is 0.243 e. The third-order valence-corrected chi connectivity index (χ3v) is 7.89. The quantitative estimate of drug-likeness (QED) is 0.771. The minimum absolute atomic E-state index is 0.0474. The van der Waals surface area contributed by atoms with Crippen LogP contribution in [0, 0.1) is 12.7 Å². The van der Waals surface area contributed by atoms with Crippen LogP contribution in [0.3, 0.4) is 0 Å². The summed E-state index contributed by atoms with van der Waals surface area (Å²) in [4.78, 5) is 22.9. The van der Waals surface area contributed by atoms with Gasteiger partial charge in [0.05, 0.1) is 10.6 Å². The van der Waals surface area contributed by atoms with E-state index in [1.54, 1.807) is 25.8 Å². The van der Waals surface area contributed by atoms with E-state index in [2.05, 4.69) is 10.3 Å². The zero-order valence-corrected chi connectivity index (χ0v) is 18.7. The van der Waals surface area contributed by atoms with Crippen molar-refractivity contribution in [1.82, 2.24) is 19.2 Å². The number of fused-ring (bicyclic) bond motifs is 1. The maximum absolute atomic E-state index is 13.6. The van der Waals surface area contributed by atoms with E-state index in [-0.39, 0.29) is 29.8 Å². The predicted molar refractivity (Wildman–Crippen MR) is 114 cm³/mol. The number of halogens is 1. The highest BCUT2D eigenvalue weighted by molar-refractivity contribution is 7.89. The number of benzene rings is 1. The summed E-state index contributed by atoms with van der Waals surface area (Å²) >= 11 is 0. The van der Waals surface area contributed by atoms with Gasteiger partial charge in [0, 0.05) is 58.1 Å². The molecule has 2 aliphatic rings. The van der Waals surface area contributed by atoms with E-state index < -0.39 is 15.8 Å². The van der Waals surface area contributed by atoms with Crippen LogP contribution in [0.15, 0.2) is 23.1 Å². The van der Waals surface area contributed by atoms with Crippen LogP contribution in [0.5, 0.6) is 0 Å². The molecule has 0 spiro atoms. The monoisotopic (exact) mass is 447 g/mol. The lowest BCUT2D eigenvalue weighted by molar-refractivity contribution is -0.127. The molecule has 0 bridgehead atoms. The fourth-order valence-corrected chi connectivity index (χ4v) is 5.68. The van der Waals surface area contributed by atoms with E-state index in [0.29, 0.717) is 36.7 Å². The van der Waals surface area contributed by atoms with Crippen LogP contribution in [0.4, 0.5) is 10.2 Å². The summed E-state index contributed by atoms with van der Waals surface area (Å²) in [5.41, 5.74) is 1.87. The molecule has 1 aromatic heterocycles. The third-order valence-electron chi connectivity index (χ3n) is 6.05. The van der Waals surface area contributed by atoms with Crippen LogP contribution in [0.2, 0.25) is 0 Å². The number of nitrogens with one attached hydrogen (secondary N) is 1. The maximum Gasteiger partial charge on any atom is 0.243 e. The van der Waals surface area contributed by atoms with Gasteiger partial charge in [-0.15, -0.1) is 0 Å². The average molecular weight is 448 g/mol. The van der Waals surface area contributed by atoms with Crippen molar-refractivity contribution in [1.29, 1.82) is 0 Å². The Bertz CT molecular complexity index is 1120. The number of sulfonamides is 1. The Morgan fingerprint density at radius 1 is 1.26 bits per heavy atom.